The minimum absolute atomic E-state index is 0. The average molecular weight is 538 g/mol. The van der Waals surface area contributed by atoms with Gasteiger partial charge in [0.1, 0.15) is 11.5 Å². The Balaban J connectivity index is 0.00000341. The highest BCUT2D eigenvalue weighted by Crippen LogP contribution is 2.26. The van der Waals surface area contributed by atoms with Gasteiger partial charge in [-0.3, -0.25) is 0 Å². The molecule has 1 fully saturated rings. The van der Waals surface area contributed by atoms with Crippen LogP contribution in [0, 0.1) is 12.8 Å². The van der Waals surface area contributed by atoms with Gasteiger partial charge in [0.25, 0.3) is 0 Å². The van der Waals surface area contributed by atoms with Gasteiger partial charge in [-0.25, -0.2) is 4.99 Å². The van der Waals surface area contributed by atoms with Crippen molar-refractivity contribution in [1.29, 1.82) is 0 Å². The zero-order valence-corrected chi connectivity index (χ0v) is 21.3. The number of ether oxygens (including phenoxy) is 2. The average Bonchev–Trinajstić information content (AvgIpc) is 3.25. The number of anilines is 1. The van der Waals surface area contributed by atoms with E-state index in [0.29, 0.717) is 12.5 Å². The van der Waals surface area contributed by atoms with Crippen LogP contribution >= 0.6 is 24.0 Å². The number of nitrogens with one attached hydrogen (secondary N) is 2. The molecule has 2 aromatic rings. The summed E-state index contributed by atoms with van der Waals surface area (Å²) < 4.78 is 10.9. The maximum atomic E-state index is 5.51. The summed E-state index contributed by atoms with van der Waals surface area (Å²) in [6.07, 6.45) is 1.16. The number of aryl methyl sites for hydroxylation is 1. The van der Waals surface area contributed by atoms with Crippen molar-refractivity contribution >= 4 is 35.6 Å². The fourth-order valence-corrected chi connectivity index (χ4v) is 3.77. The molecule has 0 saturated carbocycles. The molecule has 0 spiro atoms. The number of aliphatic imine (C=N–C) groups is 1. The molecule has 0 radical (unpaired) electrons. The highest BCUT2D eigenvalue weighted by Gasteiger charge is 2.23. The SMILES string of the molecule is CCNC(=NCc1ccc(C)cc1OC)NCC1CCN(c2cccc(OC)c2)C1.I. The van der Waals surface area contributed by atoms with Crippen molar-refractivity contribution in [2.75, 3.05) is 45.3 Å². The topological polar surface area (TPSA) is 58.1 Å². The quantitative estimate of drug-likeness (QED) is 0.300. The van der Waals surface area contributed by atoms with Crippen LogP contribution < -0.4 is 25.0 Å². The van der Waals surface area contributed by atoms with Crippen molar-refractivity contribution in [3.63, 3.8) is 0 Å². The molecule has 6 nitrogen and oxygen atoms in total. The zero-order valence-electron chi connectivity index (χ0n) is 19.0. The van der Waals surface area contributed by atoms with Crippen LogP contribution in [-0.2, 0) is 6.54 Å². The Morgan fingerprint density at radius 3 is 2.71 bits per heavy atom. The Bertz CT molecular complexity index is 859. The van der Waals surface area contributed by atoms with Crippen LogP contribution in [0.5, 0.6) is 11.5 Å². The molecular formula is C24H35IN4O2. The summed E-state index contributed by atoms with van der Waals surface area (Å²) in [6.45, 7) is 8.56. The summed E-state index contributed by atoms with van der Waals surface area (Å²) in [7, 11) is 3.42. The van der Waals surface area contributed by atoms with Gasteiger partial charge in [0, 0.05) is 43.5 Å². The molecule has 7 heteroatoms. The fourth-order valence-electron chi connectivity index (χ4n) is 3.77. The second-order valence-corrected chi connectivity index (χ2v) is 7.69. The summed E-state index contributed by atoms with van der Waals surface area (Å²) in [6, 6.07) is 14.5. The first-order chi connectivity index (χ1) is 14.6. The number of methoxy groups -OCH3 is 2. The summed E-state index contributed by atoms with van der Waals surface area (Å²) >= 11 is 0. The molecule has 170 valence electrons. The van der Waals surface area contributed by atoms with Gasteiger partial charge < -0.3 is 25.0 Å². The van der Waals surface area contributed by atoms with Crippen molar-refractivity contribution in [1.82, 2.24) is 10.6 Å². The highest BCUT2D eigenvalue weighted by molar-refractivity contribution is 14.0. The largest absolute Gasteiger partial charge is 0.497 e. The summed E-state index contributed by atoms with van der Waals surface area (Å²) in [4.78, 5) is 7.19. The number of hydrogen-bond donors (Lipinski definition) is 2. The lowest BCUT2D eigenvalue weighted by Crippen LogP contribution is -2.40. The minimum Gasteiger partial charge on any atom is -0.497 e. The molecule has 1 atom stereocenters. The van der Waals surface area contributed by atoms with Crippen LogP contribution in [-0.4, -0.2) is 46.4 Å². The third-order valence-corrected chi connectivity index (χ3v) is 5.46. The number of guanidine groups is 1. The normalized spacial score (nSPS) is 15.9. The van der Waals surface area contributed by atoms with Crippen LogP contribution in [0.4, 0.5) is 5.69 Å². The molecule has 2 N–H and O–H groups in total. The molecule has 0 aromatic heterocycles. The van der Waals surface area contributed by atoms with E-state index >= 15 is 0 Å². The summed E-state index contributed by atoms with van der Waals surface area (Å²) in [5.41, 5.74) is 3.50. The first-order valence-electron chi connectivity index (χ1n) is 10.7. The summed E-state index contributed by atoms with van der Waals surface area (Å²) in [5.74, 6) is 3.22. The Kier molecular flexibility index (Phi) is 10.2. The van der Waals surface area contributed by atoms with Crippen LogP contribution in [0.1, 0.15) is 24.5 Å². The van der Waals surface area contributed by atoms with Crippen LogP contribution in [0.2, 0.25) is 0 Å². The van der Waals surface area contributed by atoms with E-state index in [1.54, 1.807) is 14.2 Å². The fraction of sp³-hybridized carbons (Fsp3) is 0.458. The Labute approximate surface area is 203 Å². The van der Waals surface area contributed by atoms with E-state index in [1.165, 1.54) is 11.3 Å². The first kappa shape index (κ1) is 25.1. The second kappa shape index (κ2) is 12.6. The van der Waals surface area contributed by atoms with Crippen molar-refractivity contribution < 1.29 is 9.47 Å². The van der Waals surface area contributed by atoms with Gasteiger partial charge >= 0.3 is 0 Å². The molecule has 0 aliphatic carbocycles. The monoisotopic (exact) mass is 538 g/mol. The highest BCUT2D eigenvalue weighted by atomic mass is 127. The lowest BCUT2D eigenvalue weighted by atomic mass is 10.1. The third-order valence-electron chi connectivity index (χ3n) is 5.46. The number of nitrogens with zero attached hydrogens (tertiary/aromatic N) is 2. The summed E-state index contributed by atoms with van der Waals surface area (Å²) in [5, 5.41) is 6.87. The van der Waals surface area contributed by atoms with Crippen molar-refractivity contribution in [3.05, 3.63) is 53.6 Å². The minimum atomic E-state index is 0. The van der Waals surface area contributed by atoms with Crippen LogP contribution in [0.15, 0.2) is 47.5 Å². The number of halogens is 1. The standard InChI is InChI=1S/C24H34N4O2.HI/c1-5-25-24(27-16-20-10-9-18(2)13-23(20)30-4)26-15-19-11-12-28(17-19)21-7-6-8-22(14-21)29-3;/h6-10,13-14,19H,5,11-12,15-17H2,1-4H3,(H2,25,26,27);1H. The lowest BCUT2D eigenvalue weighted by molar-refractivity contribution is 0.409. The zero-order chi connectivity index (χ0) is 21.3. The third kappa shape index (κ3) is 7.19. The maximum Gasteiger partial charge on any atom is 0.191 e. The van der Waals surface area contributed by atoms with Gasteiger partial charge in [-0.1, -0.05) is 18.2 Å². The van der Waals surface area contributed by atoms with E-state index in [2.05, 4.69) is 65.8 Å². The van der Waals surface area contributed by atoms with Crippen molar-refractivity contribution in [3.8, 4) is 11.5 Å². The lowest BCUT2D eigenvalue weighted by Gasteiger charge is -2.20. The first-order valence-corrected chi connectivity index (χ1v) is 10.7. The molecule has 1 aliphatic rings. The molecule has 1 heterocycles. The predicted molar refractivity (Wildman–Crippen MR) is 139 cm³/mol. The molecule has 31 heavy (non-hydrogen) atoms. The van der Waals surface area contributed by atoms with Gasteiger partial charge in [0.15, 0.2) is 5.96 Å². The van der Waals surface area contributed by atoms with Gasteiger partial charge in [-0.15, -0.1) is 24.0 Å². The molecule has 0 bridgehead atoms. The second-order valence-electron chi connectivity index (χ2n) is 7.69. The van der Waals surface area contributed by atoms with Crippen molar-refractivity contribution in [2.45, 2.75) is 26.8 Å². The van der Waals surface area contributed by atoms with Crippen LogP contribution in [0.25, 0.3) is 0 Å². The molecular weight excluding hydrogens is 503 g/mol. The van der Waals surface area contributed by atoms with E-state index in [0.717, 1.165) is 55.6 Å². The number of rotatable bonds is 8. The Morgan fingerprint density at radius 1 is 1.13 bits per heavy atom. The van der Waals surface area contributed by atoms with E-state index < -0.39 is 0 Å². The Hall–Kier alpha value is -2.16. The van der Waals surface area contributed by atoms with Crippen LogP contribution in [0.3, 0.4) is 0 Å². The predicted octanol–water partition coefficient (Wildman–Crippen LogP) is 4.21. The molecule has 1 saturated heterocycles. The van der Waals surface area contributed by atoms with Gasteiger partial charge in [-0.2, -0.15) is 0 Å². The van der Waals surface area contributed by atoms with E-state index in [9.17, 15) is 0 Å². The number of benzene rings is 2. The van der Waals surface area contributed by atoms with E-state index in [-0.39, 0.29) is 24.0 Å². The van der Waals surface area contributed by atoms with Gasteiger partial charge in [0.05, 0.1) is 20.8 Å². The molecule has 0 amide bonds. The molecule has 1 unspecified atom stereocenters. The molecule has 3 rings (SSSR count). The molecule has 1 aliphatic heterocycles. The van der Waals surface area contributed by atoms with Gasteiger partial charge in [-0.05, 0) is 49.9 Å². The number of hydrogen-bond acceptors (Lipinski definition) is 4. The van der Waals surface area contributed by atoms with Crippen molar-refractivity contribution in [2.24, 2.45) is 10.9 Å². The Morgan fingerprint density at radius 2 is 1.97 bits per heavy atom. The molecule has 2 aromatic carbocycles. The van der Waals surface area contributed by atoms with E-state index in [1.807, 2.05) is 6.07 Å². The van der Waals surface area contributed by atoms with E-state index in [4.69, 9.17) is 14.5 Å². The maximum absolute atomic E-state index is 5.51. The smallest absolute Gasteiger partial charge is 0.191 e. The van der Waals surface area contributed by atoms with Gasteiger partial charge in [0.2, 0.25) is 0 Å².